The van der Waals surface area contributed by atoms with Crippen molar-refractivity contribution in [3.05, 3.63) is 71.8 Å². The van der Waals surface area contributed by atoms with E-state index in [1.54, 1.807) is 12.1 Å². The molecule has 2 aromatic carbocycles. The number of aliphatic hydroxyl groups is 2. The molecule has 10 nitrogen and oxygen atoms in total. The van der Waals surface area contributed by atoms with Crippen molar-refractivity contribution in [2.24, 2.45) is 0 Å². The second kappa shape index (κ2) is 10.1. The summed E-state index contributed by atoms with van der Waals surface area (Å²) in [4.78, 5) is 47.2. The molecular weight excluding hydrogens is 400 g/mol. The number of carbonyl (C=O) groups is 4. The highest BCUT2D eigenvalue weighted by Crippen LogP contribution is 2.19. The molecule has 0 fully saturated rings. The molecule has 0 bridgehead atoms. The van der Waals surface area contributed by atoms with Crippen LogP contribution in [-0.4, -0.2) is 56.5 Å². The van der Waals surface area contributed by atoms with Crippen LogP contribution < -0.4 is 0 Å². The number of carboxylic acids is 2. The van der Waals surface area contributed by atoms with Gasteiger partial charge in [0.2, 0.25) is 12.2 Å². The van der Waals surface area contributed by atoms with Crippen molar-refractivity contribution < 1.29 is 49.1 Å². The smallest absolute Gasteiger partial charge is 0.349 e. The van der Waals surface area contributed by atoms with Crippen molar-refractivity contribution in [3.8, 4) is 0 Å². The third kappa shape index (κ3) is 5.63. The maximum atomic E-state index is 12.1. The van der Waals surface area contributed by atoms with E-state index in [1.807, 2.05) is 0 Å². The molecule has 0 spiro atoms. The van der Waals surface area contributed by atoms with E-state index in [2.05, 4.69) is 9.47 Å². The van der Waals surface area contributed by atoms with Crippen molar-refractivity contribution in [2.75, 3.05) is 0 Å². The molecule has 0 heterocycles. The highest BCUT2D eigenvalue weighted by Gasteiger charge is 2.42. The van der Waals surface area contributed by atoms with Crippen LogP contribution in [0.15, 0.2) is 60.7 Å². The van der Waals surface area contributed by atoms with Gasteiger partial charge in [-0.3, -0.25) is 0 Å². The van der Waals surface area contributed by atoms with Crippen LogP contribution in [0, 0.1) is 0 Å². The first-order valence-electron chi connectivity index (χ1n) is 8.55. The van der Waals surface area contributed by atoms with Gasteiger partial charge in [0.05, 0.1) is 0 Å². The summed E-state index contributed by atoms with van der Waals surface area (Å²) in [5, 5.41) is 38.6. The van der Waals surface area contributed by atoms with E-state index in [0.29, 0.717) is 0 Å². The third-order valence-electron chi connectivity index (χ3n) is 3.93. The number of hydrogen-bond acceptors (Lipinski definition) is 8. The van der Waals surface area contributed by atoms with Gasteiger partial charge in [-0.1, -0.05) is 60.7 Å². The van der Waals surface area contributed by atoms with E-state index < -0.39 is 48.3 Å². The summed E-state index contributed by atoms with van der Waals surface area (Å²) < 4.78 is 9.22. The van der Waals surface area contributed by atoms with Gasteiger partial charge in [0.1, 0.15) is 0 Å². The number of esters is 2. The molecule has 2 unspecified atom stereocenters. The minimum Gasteiger partial charge on any atom is -0.478 e. The molecule has 2 rings (SSSR count). The zero-order valence-corrected chi connectivity index (χ0v) is 15.3. The molecule has 0 amide bonds. The van der Waals surface area contributed by atoms with Crippen LogP contribution in [-0.2, 0) is 28.7 Å². The molecule has 0 aliphatic rings. The van der Waals surface area contributed by atoms with E-state index >= 15 is 0 Å². The number of ether oxygens (including phenoxy) is 2. The van der Waals surface area contributed by atoms with Gasteiger partial charge in [0.15, 0.2) is 12.2 Å². The van der Waals surface area contributed by atoms with Crippen molar-refractivity contribution in [1.82, 2.24) is 0 Å². The number of carbonyl (C=O) groups excluding carboxylic acids is 2. The van der Waals surface area contributed by atoms with E-state index in [4.69, 9.17) is 0 Å². The molecule has 30 heavy (non-hydrogen) atoms. The van der Waals surface area contributed by atoms with Crippen LogP contribution in [0.4, 0.5) is 0 Å². The first-order valence-corrected chi connectivity index (χ1v) is 8.55. The van der Waals surface area contributed by atoms with Gasteiger partial charge >= 0.3 is 23.9 Å². The van der Waals surface area contributed by atoms with Crippen molar-refractivity contribution in [1.29, 1.82) is 0 Å². The fourth-order valence-electron chi connectivity index (χ4n) is 2.41. The highest BCUT2D eigenvalue weighted by molar-refractivity contribution is 5.89. The Bertz CT molecular complexity index is 821. The molecule has 10 heteroatoms. The molecule has 2 aromatic rings. The Hall–Kier alpha value is -3.76. The lowest BCUT2D eigenvalue weighted by Gasteiger charge is -2.23. The Morgan fingerprint density at radius 2 is 0.900 bits per heavy atom. The topological polar surface area (TPSA) is 168 Å². The van der Waals surface area contributed by atoms with Crippen molar-refractivity contribution >= 4 is 23.9 Å². The van der Waals surface area contributed by atoms with E-state index in [-0.39, 0.29) is 11.1 Å². The van der Waals surface area contributed by atoms with Crippen LogP contribution in [0.2, 0.25) is 0 Å². The van der Waals surface area contributed by atoms with E-state index in [1.165, 1.54) is 48.5 Å². The lowest BCUT2D eigenvalue weighted by Crippen LogP contribution is -2.47. The largest absolute Gasteiger partial charge is 0.478 e. The van der Waals surface area contributed by atoms with Gasteiger partial charge in [0, 0.05) is 0 Å². The predicted molar refractivity (Wildman–Crippen MR) is 97.8 cm³/mol. The summed E-state index contributed by atoms with van der Waals surface area (Å²) in [5.74, 6) is -6.78. The average molecular weight is 418 g/mol. The molecule has 0 aliphatic carbocycles. The summed E-state index contributed by atoms with van der Waals surface area (Å²) in [7, 11) is 0. The van der Waals surface area contributed by atoms with Crippen LogP contribution >= 0.6 is 0 Å². The SMILES string of the molecule is O=C(O)C(OC(=O)[C@H](O)c1ccccc1)C(OC(=O)[C@H](O)c1ccccc1)C(=O)O. The number of rotatable bonds is 9. The highest BCUT2D eigenvalue weighted by atomic mass is 16.6. The Labute approximate surface area is 169 Å². The maximum Gasteiger partial charge on any atom is 0.349 e. The Balaban J connectivity index is 2.17. The number of hydrogen-bond donors (Lipinski definition) is 4. The van der Waals surface area contributed by atoms with E-state index in [9.17, 15) is 39.6 Å². The van der Waals surface area contributed by atoms with Crippen molar-refractivity contribution in [3.63, 3.8) is 0 Å². The Morgan fingerprint density at radius 1 is 0.600 bits per heavy atom. The quantitative estimate of drug-likeness (QED) is 0.420. The Kier molecular flexibility index (Phi) is 7.62. The lowest BCUT2D eigenvalue weighted by molar-refractivity contribution is -0.193. The normalized spacial score (nSPS) is 14.6. The molecule has 0 saturated heterocycles. The average Bonchev–Trinajstić information content (AvgIpc) is 2.75. The first kappa shape index (κ1) is 22.5. The Morgan fingerprint density at radius 3 is 1.17 bits per heavy atom. The van der Waals surface area contributed by atoms with E-state index in [0.717, 1.165) is 0 Å². The number of carboxylic acid groups (broad SMARTS) is 2. The van der Waals surface area contributed by atoms with Gasteiger partial charge in [-0.25, -0.2) is 19.2 Å². The second-order valence-corrected chi connectivity index (χ2v) is 6.02. The van der Waals surface area contributed by atoms with Crippen LogP contribution in [0.3, 0.4) is 0 Å². The first-order chi connectivity index (χ1) is 14.2. The molecular formula is C20H18O10. The molecule has 0 radical (unpaired) electrons. The van der Waals surface area contributed by atoms with Gasteiger partial charge < -0.3 is 29.9 Å². The summed E-state index contributed by atoms with van der Waals surface area (Å²) >= 11 is 0. The summed E-state index contributed by atoms with van der Waals surface area (Å²) in [5.41, 5.74) is 0.157. The number of benzene rings is 2. The third-order valence-corrected chi connectivity index (χ3v) is 3.93. The zero-order chi connectivity index (χ0) is 22.3. The molecule has 0 aromatic heterocycles. The van der Waals surface area contributed by atoms with Gasteiger partial charge in [-0.05, 0) is 11.1 Å². The summed E-state index contributed by atoms with van der Waals surface area (Å²) in [6.45, 7) is 0. The second-order valence-electron chi connectivity index (χ2n) is 6.02. The fourth-order valence-corrected chi connectivity index (χ4v) is 2.41. The van der Waals surface area contributed by atoms with Gasteiger partial charge in [0.25, 0.3) is 0 Å². The molecule has 0 saturated carbocycles. The molecule has 4 N–H and O–H groups in total. The van der Waals surface area contributed by atoms with Gasteiger partial charge in [-0.2, -0.15) is 0 Å². The predicted octanol–water partition coefficient (Wildman–Crippen LogP) is 0.446. The number of aliphatic hydroxyl groups excluding tert-OH is 2. The fraction of sp³-hybridized carbons (Fsp3) is 0.200. The zero-order valence-electron chi connectivity index (χ0n) is 15.3. The van der Waals surface area contributed by atoms with Gasteiger partial charge in [-0.15, -0.1) is 0 Å². The number of aliphatic carboxylic acids is 2. The van der Waals surface area contributed by atoms with Crippen LogP contribution in [0.25, 0.3) is 0 Å². The van der Waals surface area contributed by atoms with Crippen LogP contribution in [0.5, 0.6) is 0 Å². The summed E-state index contributed by atoms with van der Waals surface area (Å²) in [6, 6.07) is 14.7. The molecule has 0 aliphatic heterocycles. The monoisotopic (exact) mass is 418 g/mol. The lowest BCUT2D eigenvalue weighted by atomic mass is 10.1. The van der Waals surface area contributed by atoms with Crippen LogP contribution in [0.1, 0.15) is 23.3 Å². The summed E-state index contributed by atoms with van der Waals surface area (Å²) in [6.07, 6.45) is -8.73. The molecule has 4 atom stereocenters. The van der Waals surface area contributed by atoms with Crippen molar-refractivity contribution in [2.45, 2.75) is 24.4 Å². The molecule has 158 valence electrons. The standard InChI is InChI=1S/C20H18O10/c21-13(11-7-3-1-4-8-11)19(27)29-15(17(23)24)16(18(25)26)30-20(28)14(22)12-9-5-2-6-10-12/h1-10,13-16,21-22H,(H,23,24)(H,25,26)/t13-,14-,15?,16?/m1/s1. The maximum absolute atomic E-state index is 12.1. The minimum absolute atomic E-state index is 0.0787. The minimum atomic E-state index is -2.47.